The molecule has 0 aromatic rings. The van der Waals surface area contributed by atoms with E-state index in [1.165, 1.54) is 0 Å². The molecule has 5 nitrogen and oxygen atoms in total. The number of hydrogen-bond acceptors (Lipinski definition) is 4. The molecule has 6 saturated carbocycles. The maximum atomic E-state index is 12.3. The molecule has 0 amide bonds. The van der Waals surface area contributed by atoms with E-state index in [0.717, 1.165) is 44.9 Å². The van der Waals surface area contributed by atoms with Gasteiger partial charge in [-0.15, -0.1) is 0 Å². The van der Waals surface area contributed by atoms with E-state index in [-0.39, 0.29) is 17.1 Å². The van der Waals surface area contributed by atoms with Crippen molar-refractivity contribution in [1.29, 1.82) is 0 Å². The van der Waals surface area contributed by atoms with Crippen molar-refractivity contribution in [2.75, 3.05) is 0 Å². The number of aliphatic hydroxyl groups is 1. The second kappa shape index (κ2) is 5.58. The summed E-state index contributed by atoms with van der Waals surface area (Å²) in [6.45, 7) is 13.1. The third kappa shape index (κ3) is 2.12. The fraction of sp³-hybridized carbons (Fsp3) is 0.885. The van der Waals surface area contributed by atoms with E-state index in [1.807, 2.05) is 0 Å². The molecule has 1 saturated heterocycles. The highest BCUT2D eigenvalue weighted by Crippen LogP contribution is 2.87. The third-order valence-electron chi connectivity index (χ3n) is 11.5. The van der Waals surface area contributed by atoms with Gasteiger partial charge >= 0.3 is 5.97 Å². The minimum Gasteiger partial charge on any atom is -0.478 e. The van der Waals surface area contributed by atoms with Gasteiger partial charge in [0, 0.05) is 12.5 Å². The van der Waals surface area contributed by atoms with E-state index in [4.69, 9.17) is 9.16 Å². The summed E-state index contributed by atoms with van der Waals surface area (Å²) in [6, 6.07) is 0. The van der Waals surface area contributed by atoms with Gasteiger partial charge in [0.25, 0.3) is 0 Å². The van der Waals surface area contributed by atoms with Crippen molar-refractivity contribution in [3.05, 3.63) is 12.2 Å². The Morgan fingerprint density at radius 3 is 2.50 bits per heavy atom. The highest BCUT2D eigenvalue weighted by molar-refractivity contribution is 6.69. The third-order valence-corrected chi connectivity index (χ3v) is 12.5. The molecular formula is C26H38O5Si. The van der Waals surface area contributed by atoms with Crippen LogP contribution in [-0.4, -0.2) is 47.4 Å². The summed E-state index contributed by atoms with van der Waals surface area (Å²) in [5.41, 5.74) is -1.22. The Morgan fingerprint density at radius 1 is 1.09 bits per heavy atom. The smallest absolute Gasteiger partial charge is 0.334 e. The number of carboxylic acids is 1. The first-order valence-electron chi connectivity index (χ1n) is 12.9. The Hall–Kier alpha value is -0.693. The van der Waals surface area contributed by atoms with E-state index >= 15 is 0 Å². The van der Waals surface area contributed by atoms with Crippen LogP contribution in [0.3, 0.4) is 0 Å². The zero-order valence-electron chi connectivity index (χ0n) is 19.9. The molecule has 12 atom stereocenters. The quantitative estimate of drug-likeness (QED) is 0.375. The number of carbonyl (C=O) groups is 1. The average molecular weight is 459 g/mol. The molecule has 7 aliphatic rings. The summed E-state index contributed by atoms with van der Waals surface area (Å²) >= 11 is 0. The minimum atomic E-state index is -1.64. The Bertz CT molecular complexity index is 943. The standard InChI is InChI=1S/C26H38O5Si/c1-13(22(27)28)26-19-11-16(19)21-20-15-10-18(15)24(29)12-14(30-32(3,4)5)6-8-23(24,2)17(20)7-9-25(21,26)31-26/h14-21,29H,1,6-12H2,2-5H3,(H,27,28)/t14-,15?,16+,17?,18+,19-,20?,21?,23+,24+,25+,26-/m0/s1. The molecule has 4 unspecified atom stereocenters. The number of rotatable bonds is 4. The Balaban J connectivity index is 1.22. The maximum absolute atomic E-state index is 12.3. The van der Waals surface area contributed by atoms with Crippen molar-refractivity contribution in [3.63, 3.8) is 0 Å². The fourth-order valence-electron chi connectivity index (χ4n) is 10.4. The van der Waals surface area contributed by atoms with Gasteiger partial charge < -0.3 is 19.4 Å². The highest BCUT2D eigenvalue weighted by Gasteiger charge is 2.92. The van der Waals surface area contributed by atoms with Crippen LogP contribution in [0.4, 0.5) is 0 Å². The van der Waals surface area contributed by atoms with Crippen LogP contribution in [0.15, 0.2) is 12.2 Å². The average Bonchev–Trinajstić information content (AvgIpc) is 3.58. The second-order valence-electron chi connectivity index (χ2n) is 13.7. The van der Waals surface area contributed by atoms with Crippen molar-refractivity contribution in [2.24, 2.45) is 46.8 Å². The normalized spacial score (nSPS) is 60.7. The molecule has 7 rings (SSSR count). The van der Waals surface area contributed by atoms with Crippen molar-refractivity contribution in [2.45, 2.75) is 94.4 Å². The number of epoxide rings is 1. The van der Waals surface area contributed by atoms with Gasteiger partial charge in [-0.25, -0.2) is 4.79 Å². The summed E-state index contributed by atoms with van der Waals surface area (Å²) in [5, 5.41) is 22.0. The van der Waals surface area contributed by atoms with Crippen LogP contribution < -0.4 is 0 Å². The lowest BCUT2D eigenvalue weighted by Crippen LogP contribution is -2.65. The minimum absolute atomic E-state index is 0.0649. The molecule has 7 fully saturated rings. The summed E-state index contributed by atoms with van der Waals surface area (Å²) in [7, 11) is -1.64. The summed E-state index contributed by atoms with van der Waals surface area (Å²) < 4.78 is 13.0. The molecule has 0 radical (unpaired) electrons. The molecule has 32 heavy (non-hydrogen) atoms. The predicted octanol–water partition coefficient (Wildman–Crippen LogP) is 4.22. The molecule has 176 valence electrons. The van der Waals surface area contributed by atoms with Gasteiger partial charge in [-0.05, 0) is 105 Å². The number of hydrogen-bond donors (Lipinski definition) is 2. The fourth-order valence-corrected chi connectivity index (χ4v) is 11.6. The first kappa shape index (κ1) is 20.7. The number of aliphatic carboxylic acids is 1. The second-order valence-corrected chi connectivity index (χ2v) is 18.2. The lowest BCUT2D eigenvalue weighted by molar-refractivity contribution is -0.221. The summed E-state index contributed by atoms with van der Waals surface area (Å²) in [6.07, 6.45) is 7.33. The molecule has 0 aromatic carbocycles. The topological polar surface area (TPSA) is 79.3 Å². The van der Waals surface area contributed by atoms with Crippen molar-refractivity contribution in [1.82, 2.24) is 0 Å². The molecular weight excluding hydrogens is 420 g/mol. The number of fused-ring (bicyclic) bond motifs is 10. The SMILES string of the molecule is C=C(C(=O)O)[C@@]12O[C@@]13CCC1C(C4C[C@H]4[C@]4(O)C[C@@H](O[Si](C)(C)C)CC[C@]14C)C3[C@@H]1C[C@@H]12. The molecule has 1 heterocycles. The van der Waals surface area contributed by atoms with E-state index < -0.39 is 25.5 Å². The van der Waals surface area contributed by atoms with Crippen LogP contribution >= 0.6 is 0 Å². The van der Waals surface area contributed by atoms with Crippen molar-refractivity contribution >= 4 is 14.3 Å². The molecule has 0 aromatic heterocycles. The maximum Gasteiger partial charge on any atom is 0.334 e. The van der Waals surface area contributed by atoms with E-state index in [0.29, 0.717) is 47.0 Å². The highest BCUT2D eigenvalue weighted by atomic mass is 28.4. The van der Waals surface area contributed by atoms with E-state index in [1.54, 1.807) is 0 Å². The van der Waals surface area contributed by atoms with Gasteiger partial charge in [0.15, 0.2) is 8.32 Å². The number of ether oxygens (including phenoxy) is 1. The summed E-state index contributed by atoms with van der Waals surface area (Å²) in [5.74, 6) is 2.60. The van der Waals surface area contributed by atoms with E-state index in [2.05, 4.69) is 33.1 Å². The Kier molecular flexibility index (Phi) is 3.60. The van der Waals surface area contributed by atoms with Gasteiger partial charge in [0.2, 0.25) is 0 Å². The zero-order valence-corrected chi connectivity index (χ0v) is 20.9. The van der Waals surface area contributed by atoms with Crippen LogP contribution in [-0.2, 0) is 14.0 Å². The summed E-state index contributed by atoms with van der Waals surface area (Å²) in [4.78, 5) is 11.9. The number of carboxylic acid groups (broad SMARTS) is 1. The molecule has 6 heteroatoms. The van der Waals surface area contributed by atoms with E-state index in [9.17, 15) is 15.0 Å². The first-order valence-corrected chi connectivity index (χ1v) is 16.3. The first-order chi connectivity index (χ1) is 14.9. The van der Waals surface area contributed by atoms with Crippen LogP contribution in [0.5, 0.6) is 0 Å². The van der Waals surface area contributed by atoms with Gasteiger partial charge in [-0.2, -0.15) is 0 Å². The van der Waals surface area contributed by atoms with Gasteiger partial charge in [0.1, 0.15) is 11.2 Å². The molecule has 6 aliphatic carbocycles. The van der Waals surface area contributed by atoms with Crippen LogP contribution in [0.1, 0.15) is 51.9 Å². The van der Waals surface area contributed by atoms with Gasteiger partial charge in [-0.3, -0.25) is 0 Å². The van der Waals surface area contributed by atoms with Crippen molar-refractivity contribution < 1.29 is 24.2 Å². The largest absolute Gasteiger partial charge is 0.478 e. The Morgan fingerprint density at radius 2 is 1.81 bits per heavy atom. The lowest BCUT2D eigenvalue weighted by Gasteiger charge is -2.63. The zero-order chi connectivity index (χ0) is 22.6. The Labute approximate surface area is 192 Å². The molecule has 1 aliphatic heterocycles. The van der Waals surface area contributed by atoms with Gasteiger partial charge in [0.05, 0.1) is 11.2 Å². The van der Waals surface area contributed by atoms with Gasteiger partial charge in [-0.1, -0.05) is 13.5 Å². The van der Waals surface area contributed by atoms with Crippen molar-refractivity contribution in [3.8, 4) is 0 Å². The predicted molar refractivity (Wildman–Crippen MR) is 121 cm³/mol. The monoisotopic (exact) mass is 458 g/mol. The molecule has 0 bridgehead atoms. The molecule has 2 N–H and O–H groups in total. The molecule has 1 spiro atoms. The van der Waals surface area contributed by atoms with Crippen LogP contribution in [0.2, 0.25) is 19.6 Å². The van der Waals surface area contributed by atoms with Crippen LogP contribution in [0.25, 0.3) is 0 Å². The lowest BCUT2D eigenvalue weighted by atomic mass is 9.44. The van der Waals surface area contributed by atoms with Crippen LogP contribution in [0, 0.1) is 46.8 Å².